The molecule has 0 aliphatic rings. The van der Waals surface area contributed by atoms with Crippen LogP contribution >= 0.6 is 37.2 Å². The molecule has 0 aromatic carbocycles. The Kier molecular flexibility index (Phi) is 16.8. The maximum atomic E-state index is 5.31. The van der Waals surface area contributed by atoms with Crippen LogP contribution in [-0.2, 0) is 17.1 Å². The second-order valence-electron chi connectivity index (χ2n) is 2.75. The van der Waals surface area contributed by atoms with Crippen molar-refractivity contribution in [2.75, 3.05) is 13.2 Å². The van der Waals surface area contributed by atoms with E-state index in [0.717, 1.165) is 13.2 Å². The predicted molar refractivity (Wildman–Crippen MR) is 64.0 cm³/mol. The molecule has 0 radical (unpaired) electrons. The van der Waals surface area contributed by atoms with Crippen LogP contribution in [0.1, 0.15) is 39.5 Å². The molecule has 0 heterocycles. The molecule has 0 spiro atoms. The standard InChI is InChI=1S/C8H18O.4ClH.Ti/c1-3-5-7-9-8-6-4-2;;;;;/h3-8H2,1-2H3;4*1H;/q;;;;;+4/p-4. The molecule has 0 unspecified atom stereocenters. The number of hydrogen-bond donors (Lipinski definition) is 0. The van der Waals surface area contributed by atoms with Crippen LogP contribution in [0.2, 0.25) is 0 Å². The average Bonchev–Trinajstić information content (AvgIpc) is 2.01. The van der Waals surface area contributed by atoms with E-state index in [1.165, 1.54) is 25.7 Å². The first-order valence-corrected chi connectivity index (χ1v) is 13.3. The van der Waals surface area contributed by atoms with Gasteiger partial charge in [-0.15, -0.1) is 0 Å². The van der Waals surface area contributed by atoms with E-state index in [9.17, 15) is 0 Å². The fraction of sp³-hybridized carbons (Fsp3) is 1.00. The van der Waals surface area contributed by atoms with Gasteiger partial charge in [-0.2, -0.15) is 0 Å². The van der Waals surface area contributed by atoms with Crippen LogP contribution in [-0.4, -0.2) is 13.2 Å². The fourth-order valence-electron chi connectivity index (χ4n) is 0.595. The summed E-state index contributed by atoms with van der Waals surface area (Å²) in [5.74, 6) is 0. The van der Waals surface area contributed by atoms with Gasteiger partial charge in [0, 0.05) is 13.2 Å². The second kappa shape index (κ2) is 12.9. The van der Waals surface area contributed by atoms with Gasteiger partial charge < -0.3 is 4.74 Å². The molecule has 6 heteroatoms. The molecular formula is C8H18Cl4OTi. The Labute approximate surface area is 106 Å². The molecule has 0 saturated carbocycles. The van der Waals surface area contributed by atoms with Crippen LogP contribution in [0.5, 0.6) is 0 Å². The number of ether oxygens (including phenoxy) is 1. The van der Waals surface area contributed by atoms with Crippen LogP contribution in [0.15, 0.2) is 0 Å². The van der Waals surface area contributed by atoms with Gasteiger partial charge in [-0.05, 0) is 12.8 Å². The third-order valence-corrected chi connectivity index (χ3v) is 1.28. The number of hydrogen-bond acceptors (Lipinski definition) is 1. The molecule has 0 N–H and O–H groups in total. The first-order chi connectivity index (χ1) is 6.41. The molecular weight excluding hydrogens is 302 g/mol. The molecule has 0 aliphatic heterocycles. The summed E-state index contributed by atoms with van der Waals surface area (Å²) in [5, 5.41) is 0. The van der Waals surface area contributed by atoms with Gasteiger partial charge in [-0.25, -0.2) is 0 Å². The predicted octanol–water partition coefficient (Wildman–Crippen LogP) is 5.36. The Morgan fingerprint density at radius 3 is 1.36 bits per heavy atom. The molecule has 0 atom stereocenters. The van der Waals surface area contributed by atoms with Crippen molar-refractivity contribution >= 4 is 37.2 Å². The summed E-state index contributed by atoms with van der Waals surface area (Å²) in [5.41, 5.74) is 0. The van der Waals surface area contributed by atoms with E-state index in [1.54, 1.807) is 0 Å². The Morgan fingerprint density at radius 2 is 1.14 bits per heavy atom. The summed E-state index contributed by atoms with van der Waals surface area (Å²) in [6.45, 7) is 6.28. The zero-order chi connectivity index (χ0) is 11.4. The second-order valence-corrected chi connectivity index (χ2v) is 18.2. The van der Waals surface area contributed by atoms with Crippen LogP contribution in [0, 0.1) is 0 Å². The summed E-state index contributed by atoms with van der Waals surface area (Å²) in [6, 6.07) is 0. The molecule has 88 valence electrons. The van der Waals surface area contributed by atoms with Crippen molar-refractivity contribution in [2.24, 2.45) is 0 Å². The fourth-order valence-corrected chi connectivity index (χ4v) is 0.595. The summed E-state index contributed by atoms with van der Waals surface area (Å²) in [4.78, 5) is 0. The van der Waals surface area contributed by atoms with Gasteiger partial charge >= 0.3 is 49.6 Å². The monoisotopic (exact) mass is 318 g/mol. The molecule has 0 rings (SSSR count). The summed E-state index contributed by atoms with van der Waals surface area (Å²) < 4.78 is 5.31. The summed E-state index contributed by atoms with van der Waals surface area (Å²) >= 11 is -3.11. The molecule has 14 heavy (non-hydrogen) atoms. The van der Waals surface area contributed by atoms with Gasteiger partial charge in [0.2, 0.25) is 0 Å². The van der Waals surface area contributed by atoms with Crippen LogP contribution in [0.25, 0.3) is 0 Å². The quantitative estimate of drug-likeness (QED) is 0.473. The van der Waals surface area contributed by atoms with Crippen molar-refractivity contribution in [2.45, 2.75) is 39.5 Å². The maximum absolute atomic E-state index is 5.31. The Morgan fingerprint density at radius 1 is 0.857 bits per heavy atom. The van der Waals surface area contributed by atoms with E-state index in [1.807, 2.05) is 0 Å². The van der Waals surface area contributed by atoms with E-state index in [-0.39, 0.29) is 0 Å². The minimum atomic E-state index is -3.11. The van der Waals surface area contributed by atoms with Crippen LogP contribution in [0.3, 0.4) is 0 Å². The topological polar surface area (TPSA) is 9.23 Å². The SMILES string of the molecule is CCCCOCCCC.[Cl][Ti]([Cl])([Cl])[Cl]. The van der Waals surface area contributed by atoms with Crippen molar-refractivity contribution in [3.05, 3.63) is 0 Å². The number of unbranched alkanes of at least 4 members (excludes halogenated alkanes) is 2. The minimum absolute atomic E-state index is 0.955. The molecule has 0 amide bonds. The molecule has 0 bridgehead atoms. The van der Waals surface area contributed by atoms with Gasteiger partial charge in [-0.1, -0.05) is 26.7 Å². The van der Waals surface area contributed by atoms with Crippen molar-refractivity contribution in [3.8, 4) is 0 Å². The third-order valence-electron chi connectivity index (χ3n) is 1.28. The Balaban J connectivity index is 0. The van der Waals surface area contributed by atoms with Gasteiger partial charge in [0.25, 0.3) is 0 Å². The molecule has 0 aromatic heterocycles. The third kappa shape index (κ3) is 37.1. The van der Waals surface area contributed by atoms with Gasteiger partial charge in [0.05, 0.1) is 0 Å². The Hall–Kier alpha value is 1.83. The van der Waals surface area contributed by atoms with E-state index in [4.69, 9.17) is 42.0 Å². The summed E-state index contributed by atoms with van der Waals surface area (Å²) in [7, 11) is 20.1. The molecule has 0 fully saturated rings. The van der Waals surface area contributed by atoms with Crippen molar-refractivity contribution in [1.82, 2.24) is 0 Å². The molecule has 0 aliphatic carbocycles. The van der Waals surface area contributed by atoms with Crippen molar-refractivity contribution in [3.63, 3.8) is 0 Å². The van der Waals surface area contributed by atoms with Crippen molar-refractivity contribution in [1.29, 1.82) is 0 Å². The number of halogens is 4. The number of rotatable bonds is 6. The normalized spacial score (nSPS) is 10.7. The van der Waals surface area contributed by atoms with E-state index in [2.05, 4.69) is 13.8 Å². The van der Waals surface area contributed by atoms with E-state index in [0.29, 0.717) is 0 Å². The Bertz CT molecular complexity index is 96.0. The van der Waals surface area contributed by atoms with Crippen LogP contribution < -0.4 is 0 Å². The molecule has 0 saturated heterocycles. The van der Waals surface area contributed by atoms with Gasteiger partial charge in [-0.3, -0.25) is 0 Å². The molecule has 0 aromatic rings. The zero-order valence-electron chi connectivity index (χ0n) is 8.66. The molecule has 1 nitrogen and oxygen atoms in total. The first-order valence-electron chi connectivity index (χ1n) is 4.75. The summed E-state index contributed by atoms with van der Waals surface area (Å²) in [6.07, 6.45) is 4.91. The zero-order valence-corrected chi connectivity index (χ0v) is 13.2. The van der Waals surface area contributed by atoms with E-state index < -0.39 is 12.3 Å². The van der Waals surface area contributed by atoms with Gasteiger partial charge in [0.15, 0.2) is 0 Å². The first kappa shape index (κ1) is 18.2. The van der Waals surface area contributed by atoms with E-state index >= 15 is 0 Å². The van der Waals surface area contributed by atoms with Crippen LogP contribution in [0.4, 0.5) is 0 Å². The average molecular weight is 320 g/mol. The van der Waals surface area contributed by atoms with Gasteiger partial charge in [0.1, 0.15) is 0 Å². The van der Waals surface area contributed by atoms with Crippen molar-refractivity contribution < 1.29 is 17.1 Å².